The first-order chi connectivity index (χ1) is 8.29. The van der Waals surface area contributed by atoms with Crippen LogP contribution in [0.15, 0.2) is 6.20 Å². The van der Waals surface area contributed by atoms with E-state index in [1.54, 1.807) is 0 Å². The minimum Gasteiger partial charge on any atom is -0.353 e. The molecule has 0 unspecified atom stereocenters. The lowest BCUT2D eigenvalue weighted by atomic mass is 10.2. The Morgan fingerprint density at radius 3 is 2.94 bits per heavy atom. The van der Waals surface area contributed by atoms with E-state index < -0.39 is 0 Å². The van der Waals surface area contributed by atoms with E-state index in [0.717, 1.165) is 18.2 Å². The van der Waals surface area contributed by atoms with Crippen molar-refractivity contribution < 1.29 is 0 Å². The van der Waals surface area contributed by atoms with Gasteiger partial charge in [0.05, 0.1) is 5.69 Å². The van der Waals surface area contributed by atoms with Gasteiger partial charge in [-0.15, -0.1) is 0 Å². The zero-order chi connectivity index (χ0) is 12.1. The van der Waals surface area contributed by atoms with Gasteiger partial charge < -0.3 is 9.88 Å². The van der Waals surface area contributed by atoms with Crippen LogP contribution in [0.5, 0.6) is 0 Å². The molecule has 1 saturated heterocycles. The molecular formula is C13H23N3S. The molecular weight excluding hydrogens is 230 g/mol. The van der Waals surface area contributed by atoms with E-state index in [0.29, 0.717) is 6.04 Å². The molecule has 1 aromatic rings. The van der Waals surface area contributed by atoms with Gasteiger partial charge in [0, 0.05) is 18.8 Å². The van der Waals surface area contributed by atoms with E-state index in [1.807, 2.05) is 0 Å². The number of anilines is 1. The SMILES string of the molecule is CCCCn1cc(C)nc1NC1CCSCC1. The minimum absolute atomic E-state index is 0.624. The Labute approximate surface area is 108 Å². The molecule has 3 nitrogen and oxygen atoms in total. The molecule has 0 aliphatic carbocycles. The molecule has 1 fully saturated rings. The lowest BCUT2D eigenvalue weighted by molar-refractivity contribution is 0.611. The fourth-order valence-electron chi connectivity index (χ4n) is 2.19. The van der Waals surface area contributed by atoms with E-state index in [9.17, 15) is 0 Å². The number of hydrogen-bond acceptors (Lipinski definition) is 3. The lowest BCUT2D eigenvalue weighted by Gasteiger charge is -2.23. The predicted molar refractivity (Wildman–Crippen MR) is 75.8 cm³/mol. The number of aromatic nitrogens is 2. The summed E-state index contributed by atoms with van der Waals surface area (Å²) in [6, 6.07) is 0.624. The van der Waals surface area contributed by atoms with Crippen molar-refractivity contribution in [1.29, 1.82) is 0 Å². The van der Waals surface area contributed by atoms with Crippen LogP contribution in [0.1, 0.15) is 38.3 Å². The first-order valence-electron chi connectivity index (χ1n) is 6.67. The van der Waals surface area contributed by atoms with Gasteiger partial charge in [-0.05, 0) is 37.7 Å². The molecule has 0 radical (unpaired) electrons. The van der Waals surface area contributed by atoms with Crippen LogP contribution in [0.2, 0.25) is 0 Å². The largest absolute Gasteiger partial charge is 0.353 e. The maximum absolute atomic E-state index is 4.60. The van der Waals surface area contributed by atoms with Gasteiger partial charge in [0.2, 0.25) is 5.95 Å². The second-order valence-electron chi connectivity index (χ2n) is 4.78. The molecule has 2 heterocycles. The third kappa shape index (κ3) is 3.66. The highest BCUT2D eigenvalue weighted by atomic mass is 32.2. The molecule has 0 aromatic carbocycles. The molecule has 0 atom stereocenters. The topological polar surface area (TPSA) is 29.9 Å². The molecule has 0 saturated carbocycles. The Balaban J connectivity index is 1.97. The maximum Gasteiger partial charge on any atom is 0.203 e. The number of nitrogens with zero attached hydrogens (tertiary/aromatic N) is 2. The summed E-state index contributed by atoms with van der Waals surface area (Å²) in [7, 11) is 0. The highest BCUT2D eigenvalue weighted by Gasteiger charge is 2.15. The summed E-state index contributed by atoms with van der Waals surface area (Å²) >= 11 is 2.07. The van der Waals surface area contributed by atoms with Gasteiger partial charge >= 0.3 is 0 Å². The highest BCUT2D eigenvalue weighted by Crippen LogP contribution is 2.21. The van der Waals surface area contributed by atoms with E-state index in [2.05, 4.69) is 46.7 Å². The molecule has 2 rings (SSSR count). The van der Waals surface area contributed by atoms with E-state index >= 15 is 0 Å². The van der Waals surface area contributed by atoms with Crippen LogP contribution in [0, 0.1) is 6.92 Å². The lowest BCUT2D eigenvalue weighted by Crippen LogP contribution is -2.26. The van der Waals surface area contributed by atoms with Crippen LogP contribution in [-0.2, 0) is 6.54 Å². The number of nitrogens with one attached hydrogen (secondary N) is 1. The molecule has 4 heteroatoms. The summed E-state index contributed by atoms with van der Waals surface area (Å²) in [5.74, 6) is 3.64. The van der Waals surface area contributed by atoms with Gasteiger partial charge in [-0.2, -0.15) is 11.8 Å². The van der Waals surface area contributed by atoms with Crippen molar-refractivity contribution in [1.82, 2.24) is 9.55 Å². The zero-order valence-corrected chi connectivity index (χ0v) is 11.7. The van der Waals surface area contributed by atoms with Crippen LogP contribution in [0.4, 0.5) is 5.95 Å². The van der Waals surface area contributed by atoms with Gasteiger partial charge in [0.25, 0.3) is 0 Å². The van der Waals surface area contributed by atoms with Crippen LogP contribution in [-0.4, -0.2) is 27.1 Å². The normalized spacial score (nSPS) is 17.3. The predicted octanol–water partition coefficient (Wildman–Crippen LogP) is 3.30. The fourth-order valence-corrected chi connectivity index (χ4v) is 3.29. The maximum atomic E-state index is 4.60. The number of imidazole rings is 1. The van der Waals surface area contributed by atoms with Crippen LogP contribution < -0.4 is 5.32 Å². The Kier molecular flexibility index (Phi) is 4.77. The number of unbranched alkanes of at least 4 members (excludes halogenated alkanes) is 1. The summed E-state index contributed by atoms with van der Waals surface area (Å²) in [5.41, 5.74) is 1.12. The third-order valence-corrected chi connectivity index (χ3v) is 4.25. The van der Waals surface area contributed by atoms with Crippen LogP contribution in [0.3, 0.4) is 0 Å². The number of aryl methyl sites for hydroxylation is 2. The molecule has 1 aliphatic rings. The second-order valence-corrected chi connectivity index (χ2v) is 6.01. The van der Waals surface area contributed by atoms with Crippen molar-refractivity contribution >= 4 is 17.7 Å². The Morgan fingerprint density at radius 1 is 1.47 bits per heavy atom. The molecule has 0 spiro atoms. The molecule has 96 valence electrons. The minimum atomic E-state index is 0.624. The second kappa shape index (κ2) is 6.34. The van der Waals surface area contributed by atoms with Crippen molar-refractivity contribution in [2.24, 2.45) is 0 Å². The monoisotopic (exact) mass is 253 g/mol. The average Bonchev–Trinajstić information content (AvgIpc) is 2.68. The first kappa shape index (κ1) is 12.8. The molecule has 17 heavy (non-hydrogen) atoms. The van der Waals surface area contributed by atoms with Crippen LogP contribution in [0.25, 0.3) is 0 Å². The quantitative estimate of drug-likeness (QED) is 0.873. The van der Waals surface area contributed by atoms with E-state index in [-0.39, 0.29) is 0 Å². The molecule has 1 aromatic heterocycles. The molecule has 1 aliphatic heterocycles. The van der Waals surface area contributed by atoms with Crippen molar-refractivity contribution in [2.45, 2.75) is 52.1 Å². The highest BCUT2D eigenvalue weighted by molar-refractivity contribution is 7.99. The van der Waals surface area contributed by atoms with Gasteiger partial charge in [0.1, 0.15) is 0 Å². The number of rotatable bonds is 5. The van der Waals surface area contributed by atoms with Crippen molar-refractivity contribution in [2.75, 3.05) is 16.8 Å². The number of hydrogen-bond donors (Lipinski definition) is 1. The van der Waals surface area contributed by atoms with E-state index in [4.69, 9.17) is 0 Å². The Morgan fingerprint density at radius 2 is 2.24 bits per heavy atom. The summed E-state index contributed by atoms with van der Waals surface area (Å²) in [4.78, 5) is 4.60. The fraction of sp³-hybridized carbons (Fsp3) is 0.769. The Hall–Kier alpha value is -0.640. The van der Waals surface area contributed by atoms with Crippen molar-refractivity contribution in [3.05, 3.63) is 11.9 Å². The van der Waals surface area contributed by atoms with Crippen molar-refractivity contribution in [3.8, 4) is 0 Å². The van der Waals surface area contributed by atoms with Gasteiger partial charge in [-0.3, -0.25) is 0 Å². The first-order valence-corrected chi connectivity index (χ1v) is 7.83. The van der Waals surface area contributed by atoms with Crippen LogP contribution >= 0.6 is 11.8 Å². The summed E-state index contributed by atoms with van der Waals surface area (Å²) in [6.07, 6.45) is 7.16. The zero-order valence-electron chi connectivity index (χ0n) is 10.9. The number of thioether (sulfide) groups is 1. The molecule has 1 N–H and O–H groups in total. The Bertz CT molecular complexity index is 342. The third-order valence-electron chi connectivity index (χ3n) is 3.20. The smallest absolute Gasteiger partial charge is 0.203 e. The summed E-state index contributed by atoms with van der Waals surface area (Å²) in [5, 5.41) is 3.62. The van der Waals surface area contributed by atoms with E-state index in [1.165, 1.54) is 37.2 Å². The molecule has 0 amide bonds. The van der Waals surface area contributed by atoms with Gasteiger partial charge in [-0.25, -0.2) is 4.98 Å². The van der Waals surface area contributed by atoms with Gasteiger partial charge in [0.15, 0.2) is 0 Å². The van der Waals surface area contributed by atoms with Crippen molar-refractivity contribution in [3.63, 3.8) is 0 Å². The standard InChI is InChI=1S/C13H23N3S/c1-3-4-7-16-10-11(2)14-13(16)15-12-5-8-17-9-6-12/h10,12H,3-9H2,1-2H3,(H,14,15). The molecule has 0 bridgehead atoms. The average molecular weight is 253 g/mol. The summed E-state index contributed by atoms with van der Waals surface area (Å²) < 4.78 is 2.28. The van der Waals surface area contributed by atoms with Gasteiger partial charge in [-0.1, -0.05) is 13.3 Å². The summed E-state index contributed by atoms with van der Waals surface area (Å²) in [6.45, 7) is 5.39.